The van der Waals surface area contributed by atoms with Crippen molar-refractivity contribution in [2.75, 3.05) is 20.7 Å². The van der Waals surface area contributed by atoms with E-state index in [1.165, 1.54) is 0 Å². The quantitative estimate of drug-likeness (QED) is 0.868. The number of benzene rings is 2. The van der Waals surface area contributed by atoms with Gasteiger partial charge in [-0.25, -0.2) is 0 Å². The van der Waals surface area contributed by atoms with Gasteiger partial charge in [0.2, 0.25) is 0 Å². The average Bonchev–Trinajstić information content (AvgIpc) is 2.43. The molecule has 2 aromatic carbocycles. The van der Waals surface area contributed by atoms with E-state index in [2.05, 4.69) is 5.32 Å². The summed E-state index contributed by atoms with van der Waals surface area (Å²) in [6, 6.07) is 20.2. The monoisotopic (exact) mass is 243 g/mol. The first-order valence-electron chi connectivity index (χ1n) is 6.12. The molecule has 0 unspecified atom stereocenters. The maximum absolute atomic E-state index is 9.43. The predicted molar refractivity (Wildman–Crippen MR) is 76.8 cm³/mol. The Balaban J connectivity index is 0.000000492. The molecule has 0 spiro atoms. The van der Waals surface area contributed by atoms with Crippen molar-refractivity contribution in [1.82, 2.24) is 5.32 Å². The van der Waals surface area contributed by atoms with Gasteiger partial charge in [-0.2, -0.15) is 0 Å². The SMILES string of the molecule is CNC.OCC(c1ccccc1)c1ccccc1. The van der Waals surface area contributed by atoms with Crippen molar-refractivity contribution >= 4 is 0 Å². The smallest absolute Gasteiger partial charge is 0.0540 e. The van der Waals surface area contributed by atoms with Crippen LogP contribution in [0.2, 0.25) is 0 Å². The lowest BCUT2D eigenvalue weighted by Crippen LogP contribution is -2.05. The number of aliphatic hydroxyl groups excluding tert-OH is 1. The molecule has 2 aromatic rings. The van der Waals surface area contributed by atoms with Gasteiger partial charge in [0.1, 0.15) is 0 Å². The molecule has 2 N–H and O–H groups in total. The number of hydrogen-bond donors (Lipinski definition) is 2. The second-order valence-electron chi connectivity index (χ2n) is 4.06. The van der Waals surface area contributed by atoms with E-state index in [1.807, 2.05) is 74.8 Å². The molecular weight excluding hydrogens is 222 g/mol. The largest absolute Gasteiger partial charge is 0.395 e. The predicted octanol–water partition coefficient (Wildman–Crippen LogP) is 2.65. The fraction of sp³-hybridized carbons (Fsp3) is 0.250. The molecule has 0 aliphatic carbocycles. The van der Waals surface area contributed by atoms with Gasteiger partial charge in [0.15, 0.2) is 0 Å². The molecule has 0 atom stereocenters. The van der Waals surface area contributed by atoms with Crippen LogP contribution in [0.5, 0.6) is 0 Å². The average molecular weight is 243 g/mol. The summed E-state index contributed by atoms with van der Waals surface area (Å²) in [4.78, 5) is 0. The molecule has 0 radical (unpaired) electrons. The first-order chi connectivity index (χ1) is 8.83. The Morgan fingerprint density at radius 2 is 1.17 bits per heavy atom. The molecule has 0 heterocycles. The summed E-state index contributed by atoms with van der Waals surface area (Å²) in [5.41, 5.74) is 2.32. The van der Waals surface area contributed by atoms with Crippen LogP contribution in [0.25, 0.3) is 0 Å². The van der Waals surface area contributed by atoms with Gasteiger partial charge in [-0.15, -0.1) is 0 Å². The lowest BCUT2D eigenvalue weighted by atomic mass is 9.92. The fourth-order valence-corrected chi connectivity index (χ4v) is 1.77. The highest BCUT2D eigenvalue weighted by Crippen LogP contribution is 2.23. The molecule has 0 aliphatic heterocycles. The van der Waals surface area contributed by atoms with Crippen LogP contribution in [0.3, 0.4) is 0 Å². The van der Waals surface area contributed by atoms with E-state index in [0.717, 1.165) is 11.1 Å². The van der Waals surface area contributed by atoms with Gasteiger partial charge in [0, 0.05) is 5.92 Å². The molecule has 2 rings (SSSR count). The normalized spacial score (nSPS) is 9.78. The maximum atomic E-state index is 9.43. The van der Waals surface area contributed by atoms with Crippen molar-refractivity contribution in [3.63, 3.8) is 0 Å². The third-order valence-corrected chi connectivity index (χ3v) is 2.59. The van der Waals surface area contributed by atoms with E-state index >= 15 is 0 Å². The van der Waals surface area contributed by atoms with E-state index in [4.69, 9.17) is 0 Å². The molecule has 0 saturated carbocycles. The Labute approximate surface area is 109 Å². The Morgan fingerprint density at radius 3 is 1.44 bits per heavy atom. The van der Waals surface area contributed by atoms with Crippen LogP contribution in [0, 0.1) is 0 Å². The minimum absolute atomic E-state index is 0.0902. The van der Waals surface area contributed by atoms with Crippen LogP contribution in [-0.2, 0) is 0 Å². The number of nitrogens with one attached hydrogen (secondary N) is 1. The Morgan fingerprint density at radius 1 is 0.833 bits per heavy atom. The minimum atomic E-state index is 0.0902. The third kappa shape index (κ3) is 4.32. The number of aliphatic hydroxyl groups is 1. The van der Waals surface area contributed by atoms with Gasteiger partial charge >= 0.3 is 0 Å². The first-order valence-corrected chi connectivity index (χ1v) is 6.12. The first kappa shape index (κ1) is 14.4. The minimum Gasteiger partial charge on any atom is -0.395 e. The molecule has 18 heavy (non-hydrogen) atoms. The maximum Gasteiger partial charge on any atom is 0.0540 e. The molecule has 0 aliphatic rings. The molecule has 96 valence electrons. The summed E-state index contributed by atoms with van der Waals surface area (Å²) in [6.45, 7) is 0.147. The second kappa shape index (κ2) is 8.45. The van der Waals surface area contributed by atoms with Gasteiger partial charge in [-0.1, -0.05) is 60.7 Å². The van der Waals surface area contributed by atoms with Crippen LogP contribution >= 0.6 is 0 Å². The zero-order valence-corrected chi connectivity index (χ0v) is 11.0. The zero-order chi connectivity index (χ0) is 13.2. The number of rotatable bonds is 3. The molecule has 0 bridgehead atoms. The van der Waals surface area contributed by atoms with Gasteiger partial charge in [-0.3, -0.25) is 0 Å². The van der Waals surface area contributed by atoms with Crippen molar-refractivity contribution in [3.8, 4) is 0 Å². The van der Waals surface area contributed by atoms with Crippen molar-refractivity contribution in [2.24, 2.45) is 0 Å². The lowest BCUT2D eigenvalue weighted by molar-refractivity contribution is 0.280. The molecule has 0 saturated heterocycles. The highest BCUT2D eigenvalue weighted by atomic mass is 16.3. The molecule has 2 heteroatoms. The molecule has 2 nitrogen and oxygen atoms in total. The Bertz CT molecular complexity index is 374. The zero-order valence-electron chi connectivity index (χ0n) is 11.0. The van der Waals surface area contributed by atoms with E-state index in [0.29, 0.717) is 0 Å². The standard InChI is InChI=1S/C14H14O.C2H7N/c15-11-14(12-7-3-1-4-8-12)13-9-5-2-6-10-13;1-3-2/h1-10,14-15H,11H2;3H,1-2H3. The van der Waals surface area contributed by atoms with Crippen molar-refractivity contribution in [3.05, 3.63) is 71.8 Å². The Hall–Kier alpha value is -1.64. The van der Waals surface area contributed by atoms with E-state index in [9.17, 15) is 5.11 Å². The fourth-order valence-electron chi connectivity index (χ4n) is 1.77. The van der Waals surface area contributed by atoms with Gasteiger partial charge in [-0.05, 0) is 25.2 Å². The van der Waals surface area contributed by atoms with E-state index < -0.39 is 0 Å². The number of hydrogen-bond acceptors (Lipinski definition) is 2. The molecule has 0 fully saturated rings. The lowest BCUT2D eigenvalue weighted by Gasteiger charge is -2.14. The third-order valence-electron chi connectivity index (χ3n) is 2.59. The summed E-state index contributed by atoms with van der Waals surface area (Å²) >= 11 is 0. The summed E-state index contributed by atoms with van der Waals surface area (Å²) in [5, 5.41) is 12.2. The highest BCUT2D eigenvalue weighted by molar-refractivity contribution is 5.32. The van der Waals surface area contributed by atoms with E-state index in [-0.39, 0.29) is 12.5 Å². The summed E-state index contributed by atoms with van der Waals surface area (Å²) in [6.07, 6.45) is 0. The van der Waals surface area contributed by atoms with Crippen LogP contribution in [0.15, 0.2) is 60.7 Å². The summed E-state index contributed by atoms with van der Waals surface area (Å²) in [5.74, 6) is 0.0902. The van der Waals surface area contributed by atoms with Crippen molar-refractivity contribution in [1.29, 1.82) is 0 Å². The highest BCUT2D eigenvalue weighted by Gasteiger charge is 2.11. The van der Waals surface area contributed by atoms with Gasteiger partial charge in [0.05, 0.1) is 6.61 Å². The van der Waals surface area contributed by atoms with Crippen LogP contribution in [0.4, 0.5) is 0 Å². The van der Waals surface area contributed by atoms with Crippen molar-refractivity contribution < 1.29 is 5.11 Å². The molecule has 0 aromatic heterocycles. The van der Waals surface area contributed by atoms with Gasteiger partial charge in [0.25, 0.3) is 0 Å². The van der Waals surface area contributed by atoms with Crippen LogP contribution in [-0.4, -0.2) is 25.8 Å². The van der Waals surface area contributed by atoms with Crippen LogP contribution in [0.1, 0.15) is 17.0 Å². The second-order valence-corrected chi connectivity index (χ2v) is 4.06. The summed E-state index contributed by atoms with van der Waals surface area (Å²) < 4.78 is 0. The molecule has 0 amide bonds. The van der Waals surface area contributed by atoms with Crippen LogP contribution < -0.4 is 5.32 Å². The Kier molecular flexibility index (Phi) is 6.77. The van der Waals surface area contributed by atoms with E-state index in [1.54, 1.807) is 0 Å². The summed E-state index contributed by atoms with van der Waals surface area (Å²) in [7, 11) is 3.75. The topological polar surface area (TPSA) is 32.3 Å². The molecular formula is C16H21NO. The van der Waals surface area contributed by atoms with Gasteiger partial charge < -0.3 is 10.4 Å². The van der Waals surface area contributed by atoms with Crippen molar-refractivity contribution in [2.45, 2.75) is 5.92 Å².